The van der Waals surface area contributed by atoms with E-state index in [2.05, 4.69) is 4.98 Å². The Bertz CT molecular complexity index is 1130. The third-order valence-electron chi connectivity index (χ3n) is 3.98. The summed E-state index contributed by atoms with van der Waals surface area (Å²) in [6.45, 7) is 0. The number of fused-ring (bicyclic) bond motifs is 2. The first-order chi connectivity index (χ1) is 12.0. The number of pyridine rings is 1. The van der Waals surface area contributed by atoms with Crippen LogP contribution in [0.5, 0.6) is 5.75 Å². The summed E-state index contributed by atoms with van der Waals surface area (Å²) in [5, 5.41) is 11.3. The van der Waals surface area contributed by atoms with Gasteiger partial charge in [-0.3, -0.25) is 0 Å². The fourth-order valence-corrected chi connectivity index (χ4v) is 2.95. The lowest BCUT2D eigenvalue weighted by atomic mass is 10.1. The summed E-state index contributed by atoms with van der Waals surface area (Å²) >= 11 is 5.98. The zero-order chi connectivity index (χ0) is 17.6. The first-order valence-electron chi connectivity index (χ1n) is 7.47. The van der Waals surface area contributed by atoms with E-state index in [1.165, 1.54) is 6.07 Å². The summed E-state index contributed by atoms with van der Waals surface area (Å²) in [6, 6.07) is 13.7. The highest BCUT2D eigenvalue weighted by molar-refractivity contribution is 6.31. The molecule has 1 N–H and O–H groups in total. The van der Waals surface area contributed by atoms with E-state index in [1.54, 1.807) is 37.4 Å². The number of carboxylic acids is 1. The maximum absolute atomic E-state index is 11.6. The average Bonchev–Trinajstić information content (AvgIpc) is 3.03. The van der Waals surface area contributed by atoms with Crippen LogP contribution in [0.25, 0.3) is 33.3 Å². The predicted octanol–water partition coefficient (Wildman–Crippen LogP) is 5.01. The molecular weight excluding hydrogens is 342 g/mol. The molecule has 0 spiro atoms. The van der Waals surface area contributed by atoms with Gasteiger partial charge in [-0.05, 0) is 48.5 Å². The van der Waals surface area contributed by atoms with E-state index in [-0.39, 0.29) is 5.56 Å². The Balaban J connectivity index is 1.94. The lowest BCUT2D eigenvalue weighted by molar-refractivity contribution is 0.0699. The second-order valence-corrected chi connectivity index (χ2v) is 5.97. The van der Waals surface area contributed by atoms with Crippen molar-refractivity contribution < 1.29 is 19.1 Å². The van der Waals surface area contributed by atoms with Gasteiger partial charge in [0, 0.05) is 15.8 Å². The minimum absolute atomic E-state index is 0.125. The fraction of sp³-hybridized carbons (Fsp3) is 0.0526. The maximum atomic E-state index is 11.6. The molecule has 6 heteroatoms. The van der Waals surface area contributed by atoms with E-state index >= 15 is 0 Å². The topological polar surface area (TPSA) is 72.6 Å². The molecule has 0 atom stereocenters. The molecular formula is C19H12ClNO4. The molecule has 0 aliphatic carbocycles. The van der Waals surface area contributed by atoms with Gasteiger partial charge >= 0.3 is 5.97 Å². The minimum Gasteiger partial charge on any atom is -0.497 e. The molecule has 0 aliphatic heterocycles. The molecule has 4 aromatic rings. The smallest absolute Gasteiger partial charge is 0.336 e. The summed E-state index contributed by atoms with van der Waals surface area (Å²) in [5.41, 5.74) is 1.78. The Morgan fingerprint density at radius 3 is 2.76 bits per heavy atom. The SMILES string of the molecule is COc1ccc2oc(-c3cc(C(=O)O)c4cc(Cl)ccc4n3)cc2c1. The van der Waals surface area contributed by atoms with Gasteiger partial charge in [-0.15, -0.1) is 0 Å². The molecule has 0 saturated heterocycles. The number of hydrogen-bond acceptors (Lipinski definition) is 4. The lowest BCUT2D eigenvalue weighted by Crippen LogP contribution is -2.00. The number of furan rings is 1. The monoisotopic (exact) mass is 353 g/mol. The van der Waals surface area contributed by atoms with Crippen LogP contribution in [0.3, 0.4) is 0 Å². The van der Waals surface area contributed by atoms with Crippen molar-refractivity contribution in [1.29, 1.82) is 0 Å². The van der Waals surface area contributed by atoms with Crippen LogP contribution in [0.4, 0.5) is 0 Å². The summed E-state index contributed by atoms with van der Waals surface area (Å²) < 4.78 is 11.0. The largest absolute Gasteiger partial charge is 0.497 e. The predicted molar refractivity (Wildman–Crippen MR) is 95.5 cm³/mol. The van der Waals surface area contributed by atoms with E-state index in [4.69, 9.17) is 20.8 Å². The van der Waals surface area contributed by atoms with Gasteiger partial charge in [-0.2, -0.15) is 0 Å². The van der Waals surface area contributed by atoms with E-state index in [0.717, 1.165) is 5.39 Å². The normalized spacial score (nSPS) is 11.1. The molecule has 2 aromatic heterocycles. The van der Waals surface area contributed by atoms with Crippen molar-refractivity contribution in [1.82, 2.24) is 4.98 Å². The summed E-state index contributed by atoms with van der Waals surface area (Å²) in [7, 11) is 1.59. The van der Waals surface area contributed by atoms with Crippen molar-refractivity contribution in [3.8, 4) is 17.2 Å². The van der Waals surface area contributed by atoms with Crippen LogP contribution < -0.4 is 4.74 Å². The Morgan fingerprint density at radius 2 is 2.00 bits per heavy atom. The van der Waals surface area contributed by atoms with Gasteiger partial charge in [0.25, 0.3) is 0 Å². The number of halogens is 1. The van der Waals surface area contributed by atoms with E-state index in [0.29, 0.717) is 38.7 Å². The summed E-state index contributed by atoms with van der Waals surface area (Å²) in [6.07, 6.45) is 0. The Labute approximate surface area is 147 Å². The molecule has 0 saturated carbocycles. The number of methoxy groups -OCH3 is 1. The van der Waals surface area contributed by atoms with Gasteiger partial charge in [0.1, 0.15) is 17.0 Å². The van der Waals surface area contributed by atoms with Crippen LogP contribution in [-0.4, -0.2) is 23.2 Å². The zero-order valence-electron chi connectivity index (χ0n) is 13.1. The molecule has 4 rings (SSSR count). The van der Waals surface area contributed by atoms with Crippen molar-refractivity contribution in [3.63, 3.8) is 0 Å². The number of carbonyl (C=O) groups is 1. The minimum atomic E-state index is -1.05. The number of aromatic nitrogens is 1. The lowest BCUT2D eigenvalue weighted by Gasteiger charge is -2.05. The number of rotatable bonds is 3. The zero-order valence-corrected chi connectivity index (χ0v) is 13.9. The molecule has 0 amide bonds. The van der Waals surface area contributed by atoms with Crippen molar-refractivity contribution in [2.24, 2.45) is 0 Å². The van der Waals surface area contributed by atoms with Gasteiger partial charge in [-0.1, -0.05) is 11.6 Å². The third kappa shape index (κ3) is 2.68. The molecule has 5 nitrogen and oxygen atoms in total. The Kier molecular flexibility index (Phi) is 3.58. The molecule has 0 bridgehead atoms. The van der Waals surface area contributed by atoms with Crippen LogP contribution in [0, 0.1) is 0 Å². The Hall–Kier alpha value is -3.05. The number of hydrogen-bond donors (Lipinski definition) is 1. The number of benzene rings is 2. The molecule has 2 aromatic carbocycles. The first kappa shape index (κ1) is 15.5. The fourth-order valence-electron chi connectivity index (χ4n) is 2.78. The standard InChI is InChI=1S/C19H12ClNO4/c1-24-12-3-5-17-10(6-12)7-18(25-17)16-9-14(19(22)23)13-8-11(20)2-4-15(13)21-16/h2-9H,1H3,(H,22,23). The number of ether oxygens (including phenoxy) is 1. The maximum Gasteiger partial charge on any atom is 0.336 e. The van der Waals surface area contributed by atoms with Crippen LogP contribution >= 0.6 is 11.6 Å². The molecule has 25 heavy (non-hydrogen) atoms. The van der Waals surface area contributed by atoms with Crippen LogP contribution in [-0.2, 0) is 0 Å². The van der Waals surface area contributed by atoms with E-state index < -0.39 is 5.97 Å². The molecule has 0 radical (unpaired) electrons. The summed E-state index contributed by atoms with van der Waals surface area (Å²) in [4.78, 5) is 16.2. The highest BCUT2D eigenvalue weighted by Gasteiger charge is 2.16. The third-order valence-corrected chi connectivity index (χ3v) is 4.21. The van der Waals surface area contributed by atoms with Crippen molar-refractivity contribution in [2.45, 2.75) is 0 Å². The van der Waals surface area contributed by atoms with Crippen molar-refractivity contribution >= 4 is 39.4 Å². The molecule has 0 aliphatic rings. The quantitative estimate of drug-likeness (QED) is 0.560. The highest BCUT2D eigenvalue weighted by atomic mass is 35.5. The number of carboxylic acid groups (broad SMARTS) is 1. The molecule has 0 unspecified atom stereocenters. The van der Waals surface area contributed by atoms with E-state index in [9.17, 15) is 9.90 Å². The van der Waals surface area contributed by atoms with Crippen molar-refractivity contribution in [3.05, 3.63) is 59.1 Å². The second kappa shape index (κ2) is 5.79. The van der Waals surface area contributed by atoms with Gasteiger partial charge in [-0.25, -0.2) is 9.78 Å². The van der Waals surface area contributed by atoms with Gasteiger partial charge in [0.15, 0.2) is 5.76 Å². The summed E-state index contributed by atoms with van der Waals surface area (Å²) in [5.74, 6) is 0.156. The second-order valence-electron chi connectivity index (χ2n) is 5.54. The van der Waals surface area contributed by atoms with Gasteiger partial charge in [0.2, 0.25) is 0 Å². The highest BCUT2D eigenvalue weighted by Crippen LogP contribution is 2.32. The first-order valence-corrected chi connectivity index (χ1v) is 7.84. The number of nitrogens with zero attached hydrogens (tertiary/aromatic N) is 1. The van der Waals surface area contributed by atoms with Crippen LogP contribution in [0.15, 0.2) is 52.9 Å². The van der Waals surface area contributed by atoms with Gasteiger partial charge < -0.3 is 14.3 Å². The molecule has 124 valence electrons. The van der Waals surface area contributed by atoms with Crippen LogP contribution in [0.2, 0.25) is 5.02 Å². The molecule has 0 fully saturated rings. The van der Waals surface area contributed by atoms with E-state index in [1.807, 2.05) is 12.1 Å². The number of aromatic carboxylic acids is 1. The van der Waals surface area contributed by atoms with Crippen LogP contribution in [0.1, 0.15) is 10.4 Å². The van der Waals surface area contributed by atoms with Crippen molar-refractivity contribution in [2.75, 3.05) is 7.11 Å². The van der Waals surface area contributed by atoms with Gasteiger partial charge in [0.05, 0.1) is 18.2 Å². The molecule has 2 heterocycles. The Morgan fingerprint density at radius 1 is 1.16 bits per heavy atom. The average molecular weight is 354 g/mol.